The van der Waals surface area contributed by atoms with Crippen LogP contribution in [0.2, 0.25) is 0 Å². The van der Waals surface area contributed by atoms with Crippen molar-refractivity contribution in [3.63, 3.8) is 0 Å². The number of likely N-dealkylation sites (tertiary alicyclic amines) is 1. The van der Waals surface area contributed by atoms with Gasteiger partial charge in [-0.05, 0) is 37.3 Å². The van der Waals surface area contributed by atoms with Crippen molar-refractivity contribution in [1.82, 2.24) is 14.7 Å². The number of carboxylic acids is 1. The standard InChI is InChI=1S/C17H18FN3O4/c1-11-9-14(15(22)20-8-7-17(18,10-20)16(23)24)19-21(11)12-3-5-13(25-2)6-4-12/h3-6,9H,7-8,10H2,1-2H3,(H,23,24). The van der Waals surface area contributed by atoms with Gasteiger partial charge in [0.25, 0.3) is 5.91 Å². The molecule has 25 heavy (non-hydrogen) atoms. The SMILES string of the molecule is COc1ccc(-n2nc(C(=O)N3CCC(F)(C(=O)O)C3)cc2C)cc1. The molecular weight excluding hydrogens is 329 g/mol. The van der Waals surface area contributed by atoms with Gasteiger partial charge in [-0.3, -0.25) is 4.79 Å². The summed E-state index contributed by atoms with van der Waals surface area (Å²) in [5.41, 5.74) is -0.743. The van der Waals surface area contributed by atoms with E-state index in [4.69, 9.17) is 9.84 Å². The van der Waals surface area contributed by atoms with Gasteiger partial charge in [-0.1, -0.05) is 0 Å². The van der Waals surface area contributed by atoms with Crippen LogP contribution in [0.3, 0.4) is 0 Å². The molecule has 0 bridgehead atoms. The third-order valence-corrected chi connectivity index (χ3v) is 4.31. The molecule has 1 fully saturated rings. The molecular formula is C17H18FN3O4. The van der Waals surface area contributed by atoms with Crippen LogP contribution < -0.4 is 4.74 Å². The number of benzene rings is 1. The van der Waals surface area contributed by atoms with E-state index in [0.29, 0.717) is 5.75 Å². The van der Waals surface area contributed by atoms with Crippen LogP contribution in [0.1, 0.15) is 22.6 Å². The summed E-state index contributed by atoms with van der Waals surface area (Å²) < 4.78 is 20.9. The minimum atomic E-state index is -2.39. The number of nitrogens with zero attached hydrogens (tertiary/aromatic N) is 3. The molecule has 1 aromatic heterocycles. The van der Waals surface area contributed by atoms with Gasteiger partial charge in [-0.2, -0.15) is 5.10 Å². The number of carboxylic acid groups (broad SMARTS) is 1. The van der Waals surface area contributed by atoms with Gasteiger partial charge in [0.2, 0.25) is 5.67 Å². The van der Waals surface area contributed by atoms with Crippen LogP contribution in [-0.4, -0.2) is 57.5 Å². The molecule has 1 N–H and O–H groups in total. The second-order valence-electron chi connectivity index (χ2n) is 6.03. The van der Waals surface area contributed by atoms with Crippen LogP contribution in [-0.2, 0) is 4.79 Å². The molecule has 0 aliphatic carbocycles. The topological polar surface area (TPSA) is 84.7 Å². The number of aliphatic carboxylic acids is 1. The number of carbonyl (C=O) groups is 2. The summed E-state index contributed by atoms with van der Waals surface area (Å²) in [6, 6.07) is 8.77. The summed E-state index contributed by atoms with van der Waals surface area (Å²) in [4.78, 5) is 24.7. The third-order valence-electron chi connectivity index (χ3n) is 4.31. The number of hydrogen-bond donors (Lipinski definition) is 1. The van der Waals surface area contributed by atoms with Crippen LogP contribution in [0.25, 0.3) is 5.69 Å². The Hall–Kier alpha value is -2.90. The minimum absolute atomic E-state index is 0.0517. The summed E-state index contributed by atoms with van der Waals surface area (Å²) >= 11 is 0. The molecule has 2 aromatic rings. The number of ether oxygens (including phenoxy) is 1. The highest BCUT2D eigenvalue weighted by Crippen LogP contribution is 2.27. The van der Waals surface area contributed by atoms with E-state index in [1.54, 1.807) is 49.0 Å². The monoisotopic (exact) mass is 347 g/mol. The van der Waals surface area contributed by atoms with Crippen LogP contribution >= 0.6 is 0 Å². The van der Waals surface area contributed by atoms with Crippen LogP contribution in [0.5, 0.6) is 5.75 Å². The lowest BCUT2D eigenvalue weighted by atomic mass is 10.1. The Kier molecular flexibility index (Phi) is 4.20. The Morgan fingerprint density at radius 2 is 2.00 bits per heavy atom. The summed E-state index contributed by atoms with van der Waals surface area (Å²) in [5, 5.41) is 13.2. The molecule has 1 atom stereocenters. The summed E-state index contributed by atoms with van der Waals surface area (Å²) in [6.45, 7) is 1.39. The first-order valence-electron chi connectivity index (χ1n) is 7.77. The molecule has 132 valence electrons. The van der Waals surface area contributed by atoms with Crippen molar-refractivity contribution in [3.8, 4) is 11.4 Å². The number of rotatable bonds is 4. The summed E-state index contributed by atoms with van der Waals surface area (Å²) in [7, 11) is 1.57. The number of hydrogen-bond acceptors (Lipinski definition) is 4. The molecule has 8 heteroatoms. The second kappa shape index (κ2) is 6.19. The van der Waals surface area contributed by atoms with Crippen molar-refractivity contribution in [3.05, 3.63) is 41.7 Å². The van der Waals surface area contributed by atoms with E-state index < -0.39 is 24.1 Å². The number of amides is 1. The molecule has 1 saturated heterocycles. The van der Waals surface area contributed by atoms with Gasteiger partial charge in [0, 0.05) is 18.7 Å². The predicted molar refractivity (Wildman–Crippen MR) is 86.8 cm³/mol. The fourth-order valence-corrected chi connectivity index (χ4v) is 2.85. The van der Waals surface area contributed by atoms with Gasteiger partial charge >= 0.3 is 5.97 Å². The number of alkyl halides is 1. The Morgan fingerprint density at radius 3 is 2.56 bits per heavy atom. The molecule has 1 aliphatic rings. The highest BCUT2D eigenvalue weighted by molar-refractivity contribution is 5.93. The van der Waals surface area contributed by atoms with Crippen LogP contribution in [0, 0.1) is 6.92 Å². The van der Waals surface area contributed by atoms with Gasteiger partial charge in [0.1, 0.15) is 5.75 Å². The Morgan fingerprint density at radius 1 is 1.32 bits per heavy atom. The second-order valence-corrected chi connectivity index (χ2v) is 6.03. The molecule has 1 aliphatic heterocycles. The molecule has 1 aromatic carbocycles. The number of carbonyl (C=O) groups excluding carboxylic acids is 1. The lowest BCUT2D eigenvalue weighted by Gasteiger charge is -2.16. The van der Waals surface area contributed by atoms with Gasteiger partial charge in [0.05, 0.1) is 19.3 Å². The molecule has 1 amide bonds. The molecule has 7 nitrogen and oxygen atoms in total. The first-order valence-corrected chi connectivity index (χ1v) is 7.77. The van der Waals surface area contributed by atoms with E-state index in [0.717, 1.165) is 11.4 Å². The van der Waals surface area contributed by atoms with E-state index in [2.05, 4.69) is 5.10 Å². The van der Waals surface area contributed by atoms with E-state index in [1.165, 1.54) is 4.90 Å². The fraction of sp³-hybridized carbons (Fsp3) is 0.353. The fourth-order valence-electron chi connectivity index (χ4n) is 2.85. The molecule has 0 saturated carbocycles. The number of methoxy groups -OCH3 is 1. The zero-order chi connectivity index (χ0) is 18.2. The van der Waals surface area contributed by atoms with Crippen molar-refractivity contribution in [2.45, 2.75) is 19.0 Å². The van der Waals surface area contributed by atoms with E-state index >= 15 is 0 Å². The maximum Gasteiger partial charge on any atom is 0.343 e. The Labute approximate surface area is 143 Å². The van der Waals surface area contributed by atoms with Gasteiger partial charge in [-0.25, -0.2) is 13.9 Å². The Bertz CT molecular complexity index is 818. The maximum atomic E-state index is 14.2. The minimum Gasteiger partial charge on any atom is -0.497 e. The van der Waals surface area contributed by atoms with Crippen molar-refractivity contribution in [2.24, 2.45) is 0 Å². The van der Waals surface area contributed by atoms with Crippen LogP contribution in [0.15, 0.2) is 30.3 Å². The lowest BCUT2D eigenvalue weighted by Crippen LogP contribution is -2.39. The molecule has 3 rings (SSSR count). The number of aryl methyl sites for hydroxylation is 1. The summed E-state index contributed by atoms with van der Waals surface area (Å²) in [5.74, 6) is -1.31. The van der Waals surface area contributed by atoms with Crippen molar-refractivity contribution >= 4 is 11.9 Å². The third kappa shape index (κ3) is 3.07. The Balaban J connectivity index is 1.82. The first-order chi connectivity index (χ1) is 11.8. The molecule has 1 unspecified atom stereocenters. The highest BCUT2D eigenvalue weighted by atomic mass is 19.1. The van der Waals surface area contributed by atoms with Gasteiger partial charge < -0.3 is 14.7 Å². The van der Waals surface area contributed by atoms with E-state index in [1.807, 2.05) is 0 Å². The van der Waals surface area contributed by atoms with E-state index in [9.17, 15) is 14.0 Å². The van der Waals surface area contributed by atoms with Crippen molar-refractivity contribution in [1.29, 1.82) is 0 Å². The number of halogens is 1. The van der Waals surface area contributed by atoms with Crippen molar-refractivity contribution in [2.75, 3.05) is 20.2 Å². The molecule has 2 heterocycles. The van der Waals surface area contributed by atoms with Gasteiger partial charge in [-0.15, -0.1) is 0 Å². The first kappa shape index (κ1) is 16.9. The normalized spacial score (nSPS) is 19.9. The quantitative estimate of drug-likeness (QED) is 0.912. The average Bonchev–Trinajstić information content (AvgIpc) is 3.19. The largest absolute Gasteiger partial charge is 0.497 e. The lowest BCUT2D eigenvalue weighted by molar-refractivity contribution is -0.149. The smallest absolute Gasteiger partial charge is 0.343 e. The highest BCUT2D eigenvalue weighted by Gasteiger charge is 2.47. The molecule has 0 spiro atoms. The zero-order valence-corrected chi connectivity index (χ0v) is 13.9. The predicted octanol–water partition coefficient (Wildman–Crippen LogP) is 1.83. The summed E-state index contributed by atoms with van der Waals surface area (Å²) in [6.07, 6.45) is -0.216. The molecule has 0 radical (unpaired) electrons. The number of aromatic nitrogens is 2. The van der Waals surface area contributed by atoms with Crippen molar-refractivity contribution < 1.29 is 23.8 Å². The maximum absolute atomic E-state index is 14.2. The van der Waals surface area contributed by atoms with E-state index in [-0.39, 0.29) is 18.7 Å². The van der Waals surface area contributed by atoms with Gasteiger partial charge in [0.15, 0.2) is 5.69 Å². The average molecular weight is 347 g/mol. The van der Waals surface area contributed by atoms with Crippen LogP contribution in [0.4, 0.5) is 4.39 Å². The zero-order valence-electron chi connectivity index (χ0n) is 13.9.